The number of nitrogens with zero attached hydrogens (tertiary/aromatic N) is 2. The van der Waals surface area contributed by atoms with E-state index in [2.05, 4.69) is 17.1 Å². The van der Waals surface area contributed by atoms with Crippen molar-refractivity contribution in [2.45, 2.75) is 19.9 Å². The summed E-state index contributed by atoms with van der Waals surface area (Å²) in [5.74, 6) is -0.733. The first-order valence-corrected chi connectivity index (χ1v) is 7.58. The summed E-state index contributed by atoms with van der Waals surface area (Å²) in [6, 6.07) is 12.0. The van der Waals surface area contributed by atoms with Crippen molar-refractivity contribution in [3.63, 3.8) is 0 Å². The first kappa shape index (κ1) is 15.1. The predicted molar refractivity (Wildman–Crippen MR) is 87.5 cm³/mol. The number of aromatic nitrogens is 2. The van der Waals surface area contributed by atoms with E-state index in [-0.39, 0.29) is 18.1 Å². The van der Waals surface area contributed by atoms with E-state index in [1.807, 2.05) is 29.0 Å². The minimum absolute atomic E-state index is 0.0415. The van der Waals surface area contributed by atoms with Crippen molar-refractivity contribution in [1.29, 1.82) is 0 Å². The highest BCUT2D eigenvalue weighted by molar-refractivity contribution is 5.98. The number of aryl methyl sites for hydroxylation is 2. The van der Waals surface area contributed by atoms with Crippen LogP contribution >= 0.6 is 0 Å². The molecular weight excluding hydrogens is 292 g/mol. The fourth-order valence-electron chi connectivity index (χ4n) is 2.58. The Labute approximate surface area is 134 Å². The van der Waals surface area contributed by atoms with Crippen molar-refractivity contribution in [2.75, 3.05) is 6.61 Å². The molecule has 5 nitrogen and oxygen atoms in total. The summed E-state index contributed by atoms with van der Waals surface area (Å²) in [5.41, 5.74) is 2.00. The van der Waals surface area contributed by atoms with Crippen molar-refractivity contribution in [3.8, 4) is 5.75 Å². The third-order valence-corrected chi connectivity index (χ3v) is 3.75. The van der Waals surface area contributed by atoms with Crippen LogP contribution in [0.3, 0.4) is 0 Å². The molecule has 3 rings (SSSR count). The molecule has 0 saturated carbocycles. The predicted octanol–water partition coefficient (Wildman–Crippen LogP) is 3.16. The van der Waals surface area contributed by atoms with E-state index in [0.29, 0.717) is 5.39 Å². The van der Waals surface area contributed by atoms with Crippen LogP contribution in [0, 0.1) is 0 Å². The summed E-state index contributed by atoms with van der Waals surface area (Å²) in [6.07, 6.45) is 4.38. The third kappa shape index (κ3) is 3.04. The number of carbonyl (C=O) groups excluding carboxylic acids is 1. The van der Waals surface area contributed by atoms with E-state index in [1.165, 1.54) is 5.56 Å². The summed E-state index contributed by atoms with van der Waals surface area (Å²) in [6.45, 7) is 2.73. The highest BCUT2D eigenvalue weighted by Crippen LogP contribution is 2.28. The summed E-state index contributed by atoms with van der Waals surface area (Å²) >= 11 is 0. The Morgan fingerprint density at radius 1 is 1.26 bits per heavy atom. The second-order valence-corrected chi connectivity index (χ2v) is 5.22. The Hall–Kier alpha value is -2.82. The van der Waals surface area contributed by atoms with E-state index in [9.17, 15) is 9.90 Å². The number of hydrogen-bond donors (Lipinski definition) is 1. The molecule has 23 heavy (non-hydrogen) atoms. The van der Waals surface area contributed by atoms with E-state index in [4.69, 9.17) is 4.74 Å². The zero-order chi connectivity index (χ0) is 16.2. The molecule has 0 atom stereocenters. The van der Waals surface area contributed by atoms with Gasteiger partial charge in [0.25, 0.3) is 0 Å². The van der Waals surface area contributed by atoms with Crippen LogP contribution in [0.5, 0.6) is 5.75 Å². The standard InChI is InChI=1S/C18H18N2O3/c1-2-23-18(22)16-17(21)14-9-11-20(15(14)12-19-16)10-8-13-6-4-3-5-7-13/h3-7,9,11-12,21H,2,8,10H2,1H3. The zero-order valence-electron chi connectivity index (χ0n) is 12.9. The normalized spacial score (nSPS) is 10.8. The van der Waals surface area contributed by atoms with E-state index >= 15 is 0 Å². The van der Waals surface area contributed by atoms with Crippen molar-refractivity contribution >= 4 is 16.9 Å². The Kier molecular flexibility index (Phi) is 4.28. The maximum absolute atomic E-state index is 11.8. The Morgan fingerprint density at radius 3 is 2.78 bits per heavy atom. The minimum Gasteiger partial charge on any atom is -0.505 e. The average Bonchev–Trinajstić information content (AvgIpc) is 2.98. The highest BCUT2D eigenvalue weighted by Gasteiger charge is 2.18. The van der Waals surface area contributed by atoms with Gasteiger partial charge in [0, 0.05) is 18.1 Å². The van der Waals surface area contributed by atoms with Gasteiger partial charge in [0.2, 0.25) is 0 Å². The number of esters is 1. The third-order valence-electron chi connectivity index (χ3n) is 3.75. The maximum atomic E-state index is 11.8. The average molecular weight is 310 g/mol. The van der Waals surface area contributed by atoms with Gasteiger partial charge in [-0.1, -0.05) is 30.3 Å². The van der Waals surface area contributed by atoms with Gasteiger partial charge < -0.3 is 14.4 Å². The molecule has 118 valence electrons. The SMILES string of the molecule is CCOC(=O)c1ncc2c(ccn2CCc2ccccc2)c1O. The van der Waals surface area contributed by atoms with Gasteiger partial charge in [-0.05, 0) is 25.0 Å². The van der Waals surface area contributed by atoms with Crippen molar-refractivity contribution in [1.82, 2.24) is 9.55 Å². The summed E-state index contributed by atoms with van der Waals surface area (Å²) in [5, 5.41) is 10.9. The molecule has 0 fully saturated rings. The lowest BCUT2D eigenvalue weighted by molar-refractivity contribution is 0.0516. The molecule has 1 N–H and O–H groups in total. The number of pyridine rings is 1. The summed E-state index contributed by atoms with van der Waals surface area (Å²) < 4.78 is 6.92. The van der Waals surface area contributed by atoms with E-state index < -0.39 is 5.97 Å². The molecule has 0 spiro atoms. The number of hydrogen-bond acceptors (Lipinski definition) is 4. The molecule has 0 aliphatic carbocycles. The summed E-state index contributed by atoms with van der Waals surface area (Å²) in [4.78, 5) is 15.8. The fourth-order valence-corrected chi connectivity index (χ4v) is 2.58. The second kappa shape index (κ2) is 6.52. The van der Waals surface area contributed by atoms with Crippen LogP contribution in [0.15, 0.2) is 48.8 Å². The summed E-state index contributed by atoms with van der Waals surface area (Å²) in [7, 11) is 0. The molecule has 3 aromatic rings. The zero-order valence-corrected chi connectivity index (χ0v) is 12.9. The molecular formula is C18H18N2O3. The number of rotatable bonds is 5. The molecule has 2 aromatic heterocycles. The van der Waals surface area contributed by atoms with Gasteiger partial charge in [-0.3, -0.25) is 0 Å². The van der Waals surface area contributed by atoms with Gasteiger partial charge in [-0.2, -0.15) is 0 Å². The minimum atomic E-state index is -0.607. The fraction of sp³-hybridized carbons (Fsp3) is 0.222. The molecule has 0 aliphatic rings. The number of ether oxygens (including phenoxy) is 1. The first-order chi connectivity index (χ1) is 11.2. The lowest BCUT2D eigenvalue weighted by Crippen LogP contribution is -2.08. The van der Waals surface area contributed by atoms with Crippen LogP contribution < -0.4 is 0 Å². The molecule has 0 aliphatic heterocycles. The number of fused-ring (bicyclic) bond motifs is 1. The highest BCUT2D eigenvalue weighted by atomic mass is 16.5. The first-order valence-electron chi connectivity index (χ1n) is 7.58. The number of carbonyl (C=O) groups is 1. The maximum Gasteiger partial charge on any atom is 0.360 e. The lowest BCUT2D eigenvalue weighted by atomic mass is 10.1. The molecule has 0 radical (unpaired) electrons. The number of benzene rings is 1. The largest absolute Gasteiger partial charge is 0.505 e. The van der Waals surface area contributed by atoms with Gasteiger partial charge in [0.05, 0.1) is 18.3 Å². The van der Waals surface area contributed by atoms with Crippen LogP contribution in [0.4, 0.5) is 0 Å². The van der Waals surface area contributed by atoms with Gasteiger partial charge in [0.15, 0.2) is 11.4 Å². The van der Waals surface area contributed by atoms with Crippen LogP contribution in [0.25, 0.3) is 10.9 Å². The Balaban J connectivity index is 1.86. The van der Waals surface area contributed by atoms with Crippen molar-refractivity contribution in [2.24, 2.45) is 0 Å². The molecule has 0 bridgehead atoms. The smallest absolute Gasteiger partial charge is 0.360 e. The monoisotopic (exact) mass is 310 g/mol. The molecule has 0 saturated heterocycles. The van der Waals surface area contributed by atoms with Crippen molar-refractivity contribution in [3.05, 3.63) is 60.0 Å². The van der Waals surface area contributed by atoms with E-state index in [1.54, 1.807) is 19.2 Å². The van der Waals surface area contributed by atoms with E-state index in [0.717, 1.165) is 18.5 Å². The van der Waals surface area contributed by atoms with Crippen LogP contribution in [-0.2, 0) is 17.7 Å². The van der Waals surface area contributed by atoms with Crippen molar-refractivity contribution < 1.29 is 14.6 Å². The number of aromatic hydroxyl groups is 1. The quantitative estimate of drug-likeness (QED) is 0.735. The molecule has 1 aromatic carbocycles. The second-order valence-electron chi connectivity index (χ2n) is 5.22. The topological polar surface area (TPSA) is 64.3 Å². The molecule has 5 heteroatoms. The molecule has 0 unspecified atom stereocenters. The Morgan fingerprint density at radius 2 is 2.04 bits per heavy atom. The van der Waals surface area contributed by atoms with Gasteiger partial charge in [-0.15, -0.1) is 0 Å². The lowest BCUT2D eigenvalue weighted by Gasteiger charge is -2.08. The van der Waals surface area contributed by atoms with Gasteiger partial charge >= 0.3 is 5.97 Å². The van der Waals surface area contributed by atoms with Gasteiger partial charge in [-0.25, -0.2) is 9.78 Å². The molecule has 0 amide bonds. The van der Waals surface area contributed by atoms with Crippen LogP contribution in [-0.4, -0.2) is 27.2 Å². The Bertz CT molecular complexity index is 825. The van der Waals surface area contributed by atoms with Crippen LogP contribution in [0.1, 0.15) is 23.0 Å². The van der Waals surface area contributed by atoms with Crippen LogP contribution in [0.2, 0.25) is 0 Å². The van der Waals surface area contributed by atoms with Gasteiger partial charge in [0.1, 0.15) is 0 Å². The molecule has 2 heterocycles.